The van der Waals surface area contributed by atoms with E-state index in [2.05, 4.69) is 0 Å². The number of aromatic carboxylic acids is 1. The third-order valence-electron chi connectivity index (χ3n) is 2.71. The van der Waals surface area contributed by atoms with Crippen molar-refractivity contribution < 1.29 is 24.4 Å². The maximum atomic E-state index is 11.0. The smallest absolute Gasteiger partial charge is 0.339 e. The lowest BCUT2D eigenvalue weighted by atomic mass is 10.2. The molecule has 0 saturated carbocycles. The molecule has 0 amide bonds. The highest BCUT2D eigenvalue weighted by atomic mass is 17.2. The van der Waals surface area contributed by atoms with Crippen LogP contribution in [0.2, 0.25) is 0 Å². The van der Waals surface area contributed by atoms with E-state index in [9.17, 15) is 4.79 Å². The van der Waals surface area contributed by atoms with E-state index in [1.54, 1.807) is 19.1 Å². The van der Waals surface area contributed by atoms with Crippen LogP contribution in [0.3, 0.4) is 0 Å². The van der Waals surface area contributed by atoms with Gasteiger partial charge in [-0.3, -0.25) is 0 Å². The summed E-state index contributed by atoms with van der Waals surface area (Å²) in [5.74, 6) is -0.311. The van der Waals surface area contributed by atoms with Crippen molar-refractivity contribution in [3.63, 3.8) is 0 Å². The predicted molar refractivity (Wildman–Crippen MR) is 76.4 cm³/mol. The van der Waals surface area contributed by atoms with Crippen LogP contribution in [0, 0.1) is 6.92 Å². The van der Waals surface area contributed by atoms with Crippen LogP contribution in [0.4, 0.5) is 0 Å². The number of carbonyl (C=O) groups is 1. The Labute approximate surface area is 122 Å². The molecular formula is C16H16O5. The van der Waals surface area contributed by atoms with E-state index >= 15 is 0 Å². The van der Waals surface area contributed by atoms with Crippen LogP contribution >= 0.6 is 0 Å². The summed E-state index contributed by atoms with van der Waals surface area (Å²) in [6.45, 7) is 3.64. The van der Waals surface area contributed by atoms with Crippen molar-refractivity contribution in [2.45, 2.75) is 20.1 Å². The van der Waals surface area contributed by atoms with Crippen LogP contribution in [0.15, 0.2) is 48.5 Å². The molecule has 0 spiro atoms. The van der Waals surface area contributed by atoms with Gasteiger partial charge in [0.15, 0.2) is 5.75 Å². The van der Waals surface area contributed by atoms with E-state index in [1.165, 1.54) is 12.1 Å². The van der Waals surface area contributed by atoms with E-state index in [-0.39, 0.29) is 11.3 Å². The molecule has 5 heteroatoms. The average Bonchev–Trinajstić information content (AvgIpc) is 2.48. The third kappa shape index (κ3) is 4.22. The second-order valence-corrected chi connectivity index (χ2v) is 4.48. The summed E-state index contributed by atoms with van der Waals surface area (Å²) in [7, 11) is 0. The maximum Gasteiger partial charge on any atom is 0.339 e. The SMILES string of the molecule is Cc1ccc(OC(C)OOc2ccccc2C(=O)O)cc1. The monoisotopic (exact) mass is 288 g/mol. The number of ether oxygens (including phenoxy) is 1. The molecule has 0 radical (unpaired) electrons. The molecule has 0 bridgehead atoms. The normalized spacial score (nSPS) is 11.7. The lowest BCUT2D eigenvalue weighted by Crippen LogP contribution is -2.19. The molecule has 1 unspecified atom stereocenters. The van der Waals surface area contributed by atoms with Crippen molar-refractivity contribution in [1.82, 2.24) is 0 Å². The molecule has 2 aromatic rings. The number of carboxylic acid groups (broad SMARTS) is 1. The van der Waals surface area contributed by atoms with Gasteiger partial charge in [-0.1, -0.05) is 29.8 Å². The lowest BCUT2D eigenvalue weighted by Gasteiger charge is -2.15. The van der Waals surface area contributed by atoms with Gasteiger partial charge in [-0.05, 0) is 31.2 Å². The molecule has 1 atom stereocenters. The largest absolute Gasteiger partial charge is 0.478 e. The lowest BCUT2D eigenvalue weighted by molar-refractivity contribution is -0.289. The quantitative estimate of drug-likeness (QED) is 0.501. The van der Waals surface area contributed by atoms with Crippen molar-refractivity contribution in [3.8, 4) is 11.5 Å². The Hall–Kier alpha value is -2.53. The fraction of sp³-hybridized carbons (Fsp3) is 0.188. The Morgan fingerprint density at radius 2 is 1.76 bits per heavy atom. The molecule has 1 N–H and O–H groups in total. The molecule has 0 fully saturated rings. The summed E-state index contributed by atoms with van der Waals surface area (Å²) in [5, 5.41) is 9.03. The van der Waals surface area contributed by atoms with Crippen LogP contribution < -0.4 is 9.62 Å². The number of aryl methyl sites for hydroxylation is 1. The molecule has 0 saturated heterocycles. The minimum absolute atomic E-state index is 0.0278. The summed E-state index contributed by atoms with van der Waals surface area (Å²) in [5.41, 5.74) is 1.16. The van der Waals surface area contributed by atoms with Gasteiger partial charge in [-0.25, -0.2) is 4.79 Å². The number of hydrogen-bond donors (Lipinski definition) is 1. The van der Waals surface area contributed by atoms with Gasteiger partial charge in [-0.15, -0.1) is 4.89 Å². The van der Waals surface area contributed by atoms with Gasteiger partial charge < -0.3 is 14.7 Å². The van der Waals surface area contributed by atoms with E-state index in [0.29, 0.717) is 5.75 Å². The van der Waals surface area contributed by atoms with Crippen LogP contribution in [0.25, 0.3) is 0 Å². The Morgan fingerprint density at radius 1 is 1.10 bits per heavy atom. The second-order valence-electron chi connectivity index (χ2n) is 4.48. The first-order chi connectivity index (χ1) is 10.1. The highest BCUT2D eigenvalue weighted by Gasteiger charge is 2.13. The highest BCUT2D eigenvalue weighted by molar-refractivity contribution is 5.90. The molecule has 0 aliphatic carbocycles. The molecule has 0 aliphatic rings. The van der Waals surface area contributed by atoms with Gasteiger partial charge in [0.05, 0.1) is 0 Å². The molecule has 2 aromatic carbocycles. The number of benzene rings is 2. The summed E-state index contributed by atoms with van der Waals surface area (Å²) < 4.78 is 5.50. The molecule has 0 aromatic heterocycles. The maximum absolute atomic E-state index is 11.0. The fourth-order valence-electron chi connectivity index (χ4n) is 1.66. The third-order valence-corrected chi connectivity index (χ3v) is 2.71. The number of carboxylic acids is 1. The van der Waals surface area contributed by atoms with Crippen LogP contribution in [0.5, 0.6) is 11.5 Å². The first-order valence-electron chi connectivity index (χ1n) is 6.45. The fourth-order valence-corrected chi connectivity index (χ4v) is 1.66. The Bertz CT molecular complexity index is 606. The second kappa shape index (κ2) is 6.76. The first-order valence-corrected chi connectivity index (χ1v) is 6.45. The van der Waals surface area contributed by atoms with Crippen LogP contribution in [-0.4, -0.2) is 17.4 Å². The zero-order valence-corrected chi connectivity index (χ0v) is 11.8. The topological polar surface area (TPSA) is 65.0 Å². The highest BCUT2D eigenvalue weighted by Crippen LogP contribution is 2.19. The van der Waals surface area contributed by atoms with Crippen molar-refractivity contribution in [2.24, 2.45) is 0 Å². The van der Waals surface area contributed by atoms with E-state index in [0.717, 1.165) is 5.56 Å². The average molecular weight is 288 g/mol. The van der Waals surface area contributed by atoms with Gasteiger partial charge >= 0.3 is 5.97 Å². The summed E-state index contributed by atoms with van der Waals surface area (Å²) in [4.78, 5) is 21.1. The van der Waals surface area contributed by atoms with Crippen LogP contribution in [-0.2, 0) is 4.89 Å². The van der Waals surface area contributed by atoms with Crippen molar-refractivity contribution in [1.29, 1.82) is 0 Å². The Balaban J connectivity index is 1.93. The van der Waals surface area contributed by atoms with E-state index in [4.69, 9.17) is 19.6 Å². The Morgan fingerprint density at radius 3 is 2.43 bits per heavy atom. The first kappa shape index (κ1) is 14.9. The molecule has 5 nitrogen and oxygen atoms in total. The number of para-hydroxylation sites is 1. The molecule has 0 heterocycles. The van der Waals surface area contributed by atoms with Gasteiger partial charge in [0.25, 0.3) is 0 Å². The Kier molecular flexibility index (Phi) is 4.79. The number of hydrogen-bond acceptors (Lipinski definition) is 4. The summed E-state index contributed by atoms with van der Waals surface area (Å²) in [6.07, 6.45) is -0.686. The zero-order chi connectivity index (χ0) is 15.2. The van der Waals surface area contributed by atoms with Crippen molar-refractivity contribution in [3.05, 3.63) is 59.7 Å². The molecule has 110 valence electrons. The minimum Gasteiger partial charge on any atom is -0.478 e. The number of rotatable bonds is 6. The van der Waals surface area contributed by atoms with Crippen LogP contribution in [0.1, 0.15) is 22.8 Å². The molecule has 2 rings (SSSR count). The summed E-state index contributed by atoms with van der Waals surface area (Å²) in [6, 6.07) is 13.7. The predicted octanol–water partition coefficient (Wildman–Crippen LogP) is 3.43. The van der Waals surface area contributed by atoms with Gasteiger partial charge in [0.1, 0.15) is 11.3 Å². The zero-order valence-electron chi connectivity index (χ0n) is 11.8. The molecule has 0 aliphatic heterocycles. The standard InChI is InChI=1S/C16H16O5/c1-11-7-9-13(10-8-11)19-12(2)20-21-15-6-4-3-5-14(15)16(17)18/h3-10,12H,1-2H3,(H,17,18). The summed E-state index contributed by atoms with van der Waals surface area (Å²) >= 11 is 0. The molecule has 21 heavy (non-hydrogen) atoms. The van der Waals surface area contributed by atoms with E-state index < -0.39 is 12.3 Å². The van der Waals surface area contributed by atoms with Crippen molar-refractivity contribution >= 4 is 5.97 Å². The van der Waals surface area contributed by atoms with Crippen molar-refractivity contribution in [2.75, 3.05) is 0 Å². The van der Waals surface area contributed by atoms with Gasteiger partial charge in [0.2, 0.25) is 6.29 Å². The van der Waals surface area contributed by atoms with E-state index in [1.807, 2.05) is 31.2 Å². The van der Waals surface area contributed by atoms with Gasteiger partial charge in [-0.2, -0.15) is 0 Å². The molecular weight excluding hydrogens is 272 g/mol. The minimum atomic E-state index is -1.08. The van der Waals surface area contributed by atoms with Gasteiger partial charge in [0, 0.05) is 6.92 Å².